The van der Waals surface area contributed by atoms with Crippen molar-refractivity contribution in [3.8, 4) is 0 Å². The lowest BCUT2D eigenvalue weighted by molar-refractivity contribution is 0.404. The summed E-state index contributed by atoms with van der Waals surface area (Å²) in [6.45, 7) is 6.10. The van der Waals surface area contributed by atoms with Gasteiger partial charge < -0.3 is 5.32 Å². The second kappa shape index (κ2) is 7.89. The largest absolute Gasteiger partial charge is 0.355 e. The highest BCUT2D eigenvalue weighted by Gasteiger charge is 2.30. The van der Waals surface area contributed by atoms with Crippen LogP contribution in [0.3, 0.4) is 0 Å². The van der Waals surface area contributed by atoms with E-state index in [9.17, 15) is 0 Å². The predicted octanol–water partition coefficient (Wildman–Crippen LogP) is 2.12. The van der Waals surface area contributed by atoms with Crippen LogP contribution < -0.4 is 16.6 Å². The number of hydrogen-bond acceptors (Lipinski definition) is 3. The number of hydrazine groups is 1. The Balaban J connectivity index is 2.51. The van der Waals surface area contributed by atoms with E-state index in [0.29, 0.717) is 10.7 Å². The van der Waals surface area contributed by atoms with Crippen molar-refractivity contribution in [2.45, 2.75) is 50.7 Å². The maximum absolute atomic E-state index is 5.51. The van der Waals surface area contributed by atoms with Gasteiger partial charge in [-0.1, -0.05) is 33.1 Å². The molecule has 0 aromatic heterocycles. The van der Waals surface area contributed by atoms with E-state index in [1.165, 1.54) is 32.1 Å². The second-order valence-corrected chi connectivity index (χ2v) is 6.81. The Bertz CT molecular complexity index is 260. The lowest BCUT2D eigenvalue weighted by Crippen LogP contribution is -2.44. The molecule has 106 valence electrons. The summed E-state index contributed by atoms with van der Waals surface area (Å²) in [4.78, 5) is 4.63. The zero-order valence-electron chi connectivity index (χ0n) is 12.0. The van der Waals surface area contributed by atoms with Gasteiger partial charge in [-0.05, 0) is 25.0 Å². The van der Waals surface area contributed by atoms with Gasteiger partial charge in [0.1, 0.15) is 0 Å². The van der Waals surface area contributed by atoms with Crippen LogP contribution in [0.4, 0.5) is 0 Å². The molecule has 0 heterocycles. The first-order valence-corrected chi connectivity index (χ1v) is 8.14. The molecule has 0 bridgehead atoms. The van der Waals surface area contributed by atoms with Gasteiger partial charge >= 0.3 is 0 Å². The van der Waals surface area contributed by atoms with Gasteiger partial charge in [0.15, 0.2) is 0 Å². The molecule has 4 nitrogen and oxygen atoms in total. The SMILES string of the molecule is CSC1(CN=C(NN)NCC(C)C)CCCCC1. The standard InChI is InChI=1S/C13H28N4S/c1-11(2)9-15-12(17-14)16-10-13(18-3)7-5-4-6-8-13/h11H,4-10,14H2,1-3H3,(H2,15,16,17). The van der Waals surface area contributed by atoms with Crippen molar-refractivity contribution in [1.82, 2.24) is 10.7 Å². The highest BCUT2D eigenvalue weighted by molar-refractivity contribution is 8.00. The summed E-state index contributed by atoms with van der Waals surface area (Å²) < 4.78 is 0.333. The maximum atomic E-state index is 5.51. The molecule has 0 radical (unpaired) electrons. The first-order valence-electron chi connectivity index (χ1n) is 6.92. The van der Waals surface area contributed by atoms with Crippen LogP contribution >= 0.6 is 11.8 Å². The fourth-order valence-corrected chi connectivity index (χ4v) is 3.19. The Morgan fingerprint density at radius 2 is 2.00 bits per heavy atom. The van der Waals surface area contributed by atoms with Crippen LogP contribution in [0.2, 0.25) is 0 Å². The Labute approximate surface area is 116 Å². The van der Waals surface area contributed by atoms with Crippen LogP contribution in [0.15, 0.2) is 4.99 Å². The second-order valence-electron chi connectivity index (χ2n) is 5.53. The number of aliphatic imine (C=N–C) groups is 1. The summed E-state index contributed by atoms with van der Waals surface area (Å²) in [5.74, 6) is 6.82. The lowest BCUT2D eigenvalue weighted by Gasteiger charge is -2.34. The van der Waals surface area contributed by atoms with Gasteiger partial charge in [-0.2, -0.15) is 11.8 Å². The van der Waals surface area contributed by atoms with Crippen molar-refractivity contribution in [2.75, 3.05) is 19.3 Å². The maximum Gasteiger partial charge on any atom is 0.205 e. The van der Waals surface area contributed by atoms with Crippen LogP contribution in [0, 0.1) is 5.92 Å². The highest BCUT2D eigenvalue weighted by atomic mass is 32.2. The average molecular weight is 272 g/mol. The zero-order chi connectivity index (χ0) is 13.4. The summed E-state index contributed by atoms with van der Waals surface area (Å²) in [7, 11) is 0. The van der Waals surface area contributed by atoms with Crippen LogP contribution in [0.5, 0.6) is 0 Å². The fraction of sp³-hybridized carbons (Fsp3) is 0.923. The molecule has 1 aliphatic rings. The normalized spacial score (nSPS) is 19.9. The van der Waals surface area contributed by atoms with E-state index in [0.717, 1.165) is 19.0 Å². The zero-order valence-corrected chi connectivity index (χ0v) is 12.8. The Hall–Kier alpha value is -0.420. The number of nitrogens with one attached hydrogen (secondary N) is 2. The third kappa shape index (κ3) is 5.06. The Morgan fingerprint density at radius 3 is 2.50 bits per heavy atom. The minimum Gasteiger partial charge on any atom is -0.355 e. The Morgan fingerprint density at radius 1 is 1.33 bits per heavy atom. The predicted molar refractivity (Wildman–Crippen MR) is 81.8 cm³/mol. The van der Waals surface area contributed by atoms with Crippen molar-refractivity contribution >= 4 is 17.7 Å². The minimum absolute atomic E-state index is 0.333. The third-order valence-electron chi connectivity index (χ3n) is 3.54. The monoisotopic (exact) mass is 272 g/mol. The number of nitrogens with zero attached hydrogens (tertiary/aromatic N) is 1. The number of guanidine groups is 1. The smallest absolute Gasteiger partial charge is 0.205 e. The molecule has 0 saturated heterocycles. The number of thioether (sulfide) groups is 1. The molecule has 0 atom stereocenters. The van der Waals surface area contributed by atoms with E-state index in [1.807, 2.05) is 11.8 Å². The van der Waals surface area contributed by atoms with Gasteiger partial charge in [0.2, 0.25) is 5.96 Å². The average Bonchev–Trinajstić information content (AvgIpc) is 2.40. The molecule has 5 heteroatoms. The molecule has 1 aliphatic carbocycles. The summed E-state index contributed by atoms with van der Waals surface area (Å²) in [6.07, 6.45) is 8.80. The molecule has 0 unspecified atom stereocenters. The fourth-order valence-electron chi connectivity index (χ4n) is 2.30. The van der Waals surface area contributed by atoms with Crippen molar-refractivity contribution < 1.29 is 0 Å². The van der Waals surface area contributed by atoms with E-state index in [-0.39, 0.29) is 0 Å². The first kappa shape index (κ1) is 15.6. The molecule has 1 fully saturated rings. The first-order chi connectivity index (χ1) is 8.62. The molecule has 0 aromatic rings. The summed E-state index contributed by atoms with van der Waals surface area (Å²) in [5, 5.41) is 3.25. The van der Waals surface area contributed by atoms with Gasteiger partial charge in [0.25, 0.3) is 0 Å². The van der Waals surface area contributed by atoms with Crippen LogP contribution in [-0.4, -0.2) is 30.1 Å². The summed E-state index contributed by atoms with van der Waals surface area (Å²) >= 11 is 1.97. The molecular formula is C13H28N4S. The van der Waals surface area contributed by atoms with Crippen molar-refractivity contribution in [1.29, 1.82) is 0 Å². The van der Waals surface area contributed by atoms with Crippen LogP contribution in [0.1, 0.15) is 46.0 Å². The van der Waals surface area contributed by atoms with E-state index < -0.39 is 0 Å². The van der Waals surface area contributed by atoms with Gasteiger partial charge in [0, 0.05) is 11.3 Å². The lowest BCUT2D eigenvalue weighted by atomic mass is 9.88. The van der Waals surface area contributed by atoms with Gasteiger partial charge in [0.05, 0.1) is 6.54 Å². The van der Waals surface area contributed by atoms with E-state index in [4.69, 9.17) is 5.84 Å². The Kier molecular flexibility index (Phi) is 6.86. The molecule has 18 heavy (non-hydrogen) atoms. The van der Waals surface area contributed by atoms with Crippen molar-refractivity contribution in [3.05, 3.63) is 0 Å². The molecular weight excluding hydrogens is 244 g/mol. The summed E-state index contributed by atoms with van der Waals surface area (Å²) in [6, 6.07) is 0. The van der Waals surface area contributed by atoms with Gasteiger partial charge in [-0.15, -0.1) is 0 Å². The van der Waals surface area contributed by atoms with Crippen molar-refractivity contribution in [3.63, 3.8) is 0 Å². The molecule has 1 saturated carbocycles. The van der Waals surface area contributed by atoms with Gasteiger partial charge in [-0.3, -0.25) is 10.4 Å². The number of rotatable bonds is 5. The van der Waals surface area contributed by atoms with E-state index in [1.54, 1.807) is 0 Å². The van der Waals surface area contributed by atoms with E-state index in [2.05, 4.69) is 35.8 Å². The van der Waals surface area contributed by atoms with E-state index >= 15 is 0 Å². The molecule has 0 aliphatic heterocycles. The summed E-state index contributed by atoms with van der Waals surface area (Å²) in [5.41, 5.74) is 2.67. The molecule has 1 rings (SSSR count). The van der Waals surface area contributed by atoms with Gasteiger partial charge in [-0.25, -0.2) is 5.84 Å². The topological polar surface area (TPSA) is 62.4 Å². The molecule has 0 aromatic carbocycles. The van der Waals surface area contributed by atoms with Crippen molar-refractivity contribution in [2.24, 2.45) is 16.8 Å². The van der Waals surface area contributed by atoms with Crippen LogP contribution in [-0.2, 0) is 0 Å². The third-order valence-corrected chi connectivity index (χ3v) is 4.94. The molecule has 0 spiro atoms. The quantitative estimate of drug-likeness (QED) is 0.310. The van der Waals surface area contributed by atoms with Crippen LogP contribution in [0.25, 0.3) is 0 Å². The minimum atomic E-state index is 0.333. The molecule has 4 N–H and O–H groups in total. The highest BCUT2D eigenvalue weighted by Crippen LogP contribution is 2.38. The number of nitrogens with two attached hydrogens (primary N) is 1. The number of hydrogen-bond donors (Lipinski definition) is 3. The molecule has 0 amide bonds.